The van der Waals surface area contributed by atoms with Gasteiger partial charge in [-0.1, -0.05) is 41.5 Å². The molecular formula is C34H33BIrNO2Se2-. The summed E-state index contributed by atoms with van der Waals surface area (Å²) in [5.74, 6) is -0.470. The van der Waals surface area contributed by atoms with Crippen molar-refractivity contribution in [2.75, 3.05) is 0 Å². The molecule has 0 aliphatic carbocycles. The molecule has 4 aromatic rings. The fourth-order valence-electron chi connectivity index (χ4n) is 4.51. The summed E-state index contributed by atoms with van der Waals surface area (Å²) in [6.45, 7) is 10.9. The Balaban J connectivity index is 0.000000234. The van der Waals surface area contributed by atoms with Crippen LogP contribution in [0.3, 0.4) is 0 Å². The molecule has 0 spiro atoms. The molecular weight excluding hydrogens is 815 g/mol. The third kappa shape index (κ3) is 6.73. The van der Waals surface area contributed by atoms with Gasteiger partial charge >= 0.3 is 172 Å². The predicted molar refractivity (Wildman–Crippen MR) is 171 cm³/mol. The van der Waals surface area contributed by atoms with Gasteiger partial charge in [-0.3, -0.25) is 4.79 Å². The van der Waals surface area contributed by atoms with E-state index in [4.69, 9.17) is 1.37 Å². The van der Waals surface area contributed by atoms with Crippen LogP contribution in [0.4, 0.5) is 0 Å². The second-order valence-corrected chi connectivity index (χ2v) is 16.5. The zero-order valence-corrected chi connectivity index (χ0v) is 29.9. The zero-order chi connectivity index (χ0) is 29.5. The third-order valence-electron chi connectivity index (χ3n) is 6.81. The standard InChI is InChI=1S/C23H13BNSe2.C11H20O2.Ir/c1-3-10-19-16(7-1)24-17-8-2-4-11-20(17)27-23-15(18-9-5-6-14-25-18)12-13-21(26-19)22(23)24;1-10(2,3)8(12)7-9(13)11(4,5)6;/h1-11,13-14H;7,12H,1-6H3;/q-1;;/b;8-7-;/i;7D;. The summed E-state index contributed by atoms with van der Waals surface area (Å²) in [5, 5.41) is 9.66. The Bertz CT molecular complexity index is 1650. The van der Waals surface area contributed by atoms with Gasteiger partial charge in [-0.05, 0) is 0 Å². The van der Waals surface area contributed by atoms with Crippen molar-refractivity contribution in [2.45, 2.75) is 41.5 Å². The van der Waals surface area contributed by atoms with Crippen LogP contribution < -0.4 is 34.2 Å². The Labute approximate surface area is 271 Å². The quantitative estimate of drug-likeness (QED) is 0.126. The number of ketones is 1. The average Bonchev–Trinajstić information content (AvgIpc) is 2.95. The number of allylic oxidation sites excluding steroid dienone is 2. The SMILES string of the molecule is [2H]/C(C(=O)C(C)(C)C)=C(/O)C(C)(C)C.[Ir].[c-]1cc2c3c(c1-c1ccccn1)[Se]c1ccccc1B3c1ccccc1[Se]2. The molecule has 3 heterocycles. The van der Waals surface area contributed by atoms with Gasteiger partial charge in [-0.25, -0.2) is 0 Å². The number of aliphatic hydroxyl groups excluding tert-OH is 1. The number of aliphatic hydroxyl groups is 1. The van der Waals surface area contributed by atoms with E-state index in [0.29, 0.717) is 21.7 Å². The van der Waals surface area contributed by atoms with E-state index >= 15 is 0 Å². The van der Waals surface area contributed by atoms with Crippen LogP contribution in [0.25, 0.3) is 11.3 Å². The molecule has 0 unspecified atom stereocenters. The summed E-state index contributed by atoms with van der Waals surface area (Å²) in [4.78, 5) is 16.3. The van der Waals surface area contributed by atoms with E-state index in [9.17, 15) is 9.90 Å². The van der Waals surface area contributed by atoms with Gasteiger partial charge in [0.2, 0.25) is 0 Å². The monoisotopic (exact) mass is 852 g/mol. The van der Waals surface area contributed by atoms with Crippen molar-refractivity contribution >= 4 is 76.6 Å². The number of rotatable bonds is 2. The number of nitrogens with zero attached hydrogens (tertiary/aromatic N) is 1. The number of hydrogen-bond acceptors (Lipinski definition) is 3. The van der Waals surface area contributed by atoms with Gasteiger partial charge in [0.15, 0.2) is 5.78 Å². The Kier molecular flexibility index (Phi) is 9.26. The van der Waals surface area contributed by atoms with E-state index in [0.717, 1.165) is 5.69 Å². The molecule has 0 atom stereocenters. The molecule has 211 valence electrons. The maximum absolute atomic E-state index is 11.6. The van der Waals surface area contributed by atoms with Gasteiger partial charge in [0.05, 0.1) is 1.37 Å². The van der Waals surface area contributed by atoms with Crippen LogP contribution >= 0.6 is 0 Å². The molecule has 3 nitrogen and oxygen atoms in total. The first-order valence-corrected chi connectivity index (χ1v) is 16.8. The van der Waals surface area contributed by atoms with Crippen molar-refractivity contribution in [3.8, 4) is 11.3 Å². The number of benzene rings is 3. The molecule has 0 bridgehead atoms. The number of carbonyl (C=O) groups excluding carboxylic acids is 1. The fourth-order valence-corrected chi connectivity index (χ4v) is 9.89. The molecule has 6 rings (SSSR count). The maximum atomic E-state index is 11.6. The Morgan fingerprint density at radius 1 is 0.878 bits per heavy atom. The average molecular weight is 850 g/mol. The number of carbonyl (C=O) groups is 1. The molecule has 41 heavy (non-hydrogen) atoms. The van der Waals surface area contributed by atoms with Crippen molar-refractivity contribution in [3.05, 3.63) is 96.9 Å². The minimum atomic E-state index is -0.615. The van der Waals surface area contributed by atoms with Gasteiger partial charge in [-0.15, -0.1) is 0 Å². The molecule has 7 heteroatoms. The molecule has 0 amide bonds. The molecule has 1 radical (unpaired) electrons. The van der Waals surface area contributed by atoms with E-state index in [-0.39, 0.29) is 52.7 Å². The summed E-state index contributed by atoms with van der Waals surface area (Å²) in [5.41, 5.74) is 5.62. The van der Waals surface area contributed by atoms with Gasteiger partial charge in [0.1, 0.15) is 5.76 Å². The van der Waals surface area contributed by atoms with Crippen molar-refractivity contribution in [1.29, 1.82) is 0 Å². The van der Waals surface area contributed by atoms with Crippen molar-refractivity contribution in [2.24, 2.45) is 10.8 Å². The summed E-state index contributed by atoms with van der Waals surface area (Å²) in [7, 11) is 0. The van der Waals surface area contributed by atoms with Gasteiger partial charge in [-0.2, -0.15) is 0 Å². The summed E-state index contributed by atoms with van der Waals surface area (Å²) < 4.78 is 13.6. The topological polar surface area (TPSA) is 50.2 Å². The first-order chi connectivity index (χ1) is 19.4. The van der Waals surface area contributed by atoms with E-state index in [1.165, 1.54) is 34.3 Å². The first kappa shape index (κ1) is 30.2. The number of hydrogen-bond donors (Lipinski definition) is 1. The minimum absolute atomic E-state index is 0. The molecule has 0 saturated heterocycles. The van der Waals surface area contributed by atoms with E-state index in [1.807, 2.05) is 12.3 Å². The second-order valence-electron chi connectivity index (χ2n) is 12.0. The number of fused-ring (bicyclic) bond motifs is 4. The van der Waals surface area contributed by atoms with Crippen LogP contribution in [0.2, 0.25) is 0 Å². The third-order valence-corrected chi connectivity index (χ3v) is 11.8. The zero-order valence-electron chi connectivity index (χ0n) is 25.0. The number of aromatic nitrogens is 1. The van der Waals surface area contributed by atoms with Crippen LogP contribution in [-0.2, 0) is 24.9 Å². The molecule has 1 N–H and O–H groups in total. The first-order valence-electron chi connectivity index (χ1n) is 13.9. The Morgan fingerprint density at radius 3 is 2.02 bits per heavy atom. The van der Waals surface area contributed by atoms with Crippen LogP contribution in [0, 0.1) is 16.9 Å². The normalized spacial score (nSPS) is 14.1. The fraction of sp³-hybridized carbons (Fsp3) is 0.235. The van der Waals surface area contributed by atoms with E-state index in [2.05, 4.69) is 77.8 Å². The second kappa shape index (κ2) is 12.6. The van der Waals surface area contributed by atoms with Crippen LogP contribution in [-0.4, -0.2) is 52.5 Å². The molecule has 0 saturated carbocycles. The Morgan fingerprint density at radius 2 is 1.46 bits per heavy atom. The molecule has 2 aliphatic heterocycles. The van der Waals surface area contributed by atoms with Crippen LogP contribution in [0.1, 0.15) is 42.9 Å². The van der Waals surface area contributed by atoms with Crippen molar-refractivity contribution < 1.29 is 31.4 Å². The molecule has 2 aliphatic rings. The predicted octanol–water partition coefficient (Wildman–Crippen LogP) is 2.09. The molecule has 1 aromatic heterocycles. The van der Waals surface area contributed by atoms with Gasteiger partial charge < -0.3 is 5.11 Å². The molecule has 0 fully saturated rings. The van der Waals surface area contributed by atoms with Gasteiger partial charge in [0.25, 0.3) is 0 Å². The van der Waals surface area contributed by atoms with E-state index < -0.39 is 10.8 Å². The summed E-state index contributed by atoms with van der Waals surface area (Å²) in [6.07, 6.45) is 1.88. The summed E-state index contributed by atoms with van der Waals surface area (Å²) >= 11 is 0.628. The van der Waals surface area contributed by atoms with Crippen LogP contribution in [0.15, 0.2) is 90.8 Å². The summed E-state index contributed by atoms with van der Waals surface area (Å²) in [6, 6.07) is 29.8. The van der Waals surface area contributed by atoms with Gasteiger partial charge in [0, 0.05) is 37.0 Å². The van der Waals surface area contributed by atoms with E-state index in [1.54, 1.807) is 47.0 Å². The Hall–Kier alpha value is -2.23. The van der Waals surface area contributed by atoms with Crippen molar-refractivity contribution in [3.63, 3.8) is 0 Å². The number of pyridine rings is 1. The van der Waals surface area contributed by atoms with Crippen molar-refractivity contribution in [1.82, 2.24) is 4.98 Å². The molecule has 3 aromatic carbocycles. The van der Waals surface area contributed by atoms with Crippen LogP contribution in [0.5, 0.6) is 0 Å².